The third-order valence-electron chi connectivity index (χ3n) is 2.59. The summed E-state index contributed by atoms with van der Waals surface area (Å²) < 4.78 is 9.28. The number of rotatable bonds is 4. The Morgan fingerprint density at radius 3 is 2.82 bits per heavy atom. The summed E-state index contributed by atoms with van der Waals surface area (Å²) in [5.41, 5.74) is 1.01. The molecule has 0 amide bonds. The summed E-state index contributed by atoms with van der Waals surface area (Å²) in [5.74, 6) is -0.0114. The van der Waals surface area contributed by atoms with Gasteiger partial charge < -0.3 is 4.74 Å². The summed E-state index contributed by atoms with van der Waals surface area (Å²) in [5, 5.41) is 4.35. The van der Waals surface area contributed by atoms with E-state index in [0.29, 0.717) is 31.4 Å². The van der Waals surface area contributed by atoms with Gasteiger partial charge in [0.1, 0.15) is 21.5 Å². The number of hydrogen-bond acceptors (Lipinski definition) is 9. The van der Waals surface area contributed by atoms with Crippen LogP contribution < -0.4 is 0 Å². The zero-order chi connectivity index (χ0) is 15.5. The first kappa shape index (κ1) is 14.9. The number of carbonyl (C=O) groups is 1. The molecule has 0 spiro atoms. The molecular weight excluding hydrogens is 346 g/mol. The molecule has 10 heteroatoms. The van der Waals surface area contributed by atoms with Gasteiger partial charge >= 0.3 is 5.97 Å². The Bertz CT molecular complexity index is 805. The van der Waals surface area contributed by atoms with Crippen molar-refractivity contribution in [3.05, 3.63) is 39.1 Å². The molecule has 0 aliphatic carbocycles. The van der Waals surface area contributed by atoms with Gasteiger partial charge in [-0.25, -0.2) is 19.7 Å². The van der Waals surface area contributed by atoms with Gasteiger partial charge in [-0.15, -0.1) is 16.4 Å². The molecule has 0 bridgehead atoms. The van der Waals surface area contributed by atoms with Crippen molar-refractivity contribution in [1.82, 2.24) is 24.5 Å². The van der Waals surface area contributed by atoms with Crippen molar-refractivity contribution in [1.29, 1.82) is 0 Å². The van der Waals surface area contributed by atoms with Crippen LogP contribution in [0.2, 0.25) is 4.34 Å². The van der Waals surface area contributed by atoms with Gasteiger partial charge in [0.2, 0.25) is 0 Å². The fraction of sp³-hybridized carbons (Fsp3) is 0.167. The second-order valence-electron chi connectivity index (χ2n) is 4.08. The van der Waals surface area contributed by atoms with Crippen molar-refractivity contribution in [2.75, 3.05) is 0 Å². The van der Waals surface area contributed by atoms with E-state index in [1.54, 1.807) is 25.4 Å². The lowest BCUT2D eigenvalue weighted by Crippen LogP contribution is -2.05. The van der Waals surface area contributed by atoms with Gasteiger partial charge in [-0.2, -0.15) is 0 Å². The average Bonchev–Trinajstić information content (AvgIpc) is 3.12. The fourth-order valence-corrected chi connectivity index (χ4v) is 3.08. The molecular formula is C12H8ClN5O2S2. The summed E-state index contributed by atoms with van der Waals surface area (Å²) >= 11 is 8.09. The van der Waals surface area contributed by atoms with Gasteiger partial charge in [0.05, 0.1) is 5.69 Å². The summed E-state index contributed by atoms with van der Waals surface area (Å²) in [7, 11) is 0. The van der Waals surface area contributed by atoms with Gasteiger partial charge in [0.15, 0.2) is 10.8 Å². The van der Waals surface area contributed by atoms with E-state index < -0.39 is 5.97 Å². The Hall–Kier alpha value is -1.97. The lowest BCUT2D eigenvalue weighted by Gasteiger charge is -2.00. The Labute approximate surface area is 138 Å². The molecule has 0 unspecified atom stereocenters. The fourth-order valence-electron chi connectivity index (χ4n) is 1.57. The summed E-state index contributed by atoms with van der Waals surface area (Å²) in [6.07, 6.45) is 3.24. The quantitative estimate of drug-likeness (QED) is 0.666. The molecule has 0 atom stereocenters. The van der Waals surface area contributed by atoms with Gasteiger partial charge in [-0.05, 0) is 13.0 Å². The Morgan fingerprint density at radius 2 is 2.14 bits per heavy atom. The van der Waals surface area contributed by atoms with Crippen molar-refractivity contribution < 1.29 is 9.53 Å². The first-order chi connectivity index (χ1) is 10.6. The minimum atomic E-state index is -0.485. The van der Waals surface area contributed by atoms with Crippen molar-refractivity contribution in [2.45, 2.75) is 13.5 Å². The minimum Gasteiger partial charge on any atom is -0.455 e. The number of halogens is 1. The van der Waals surface area contributed by atoms with E-state index in [0.717, 1.165) is 11.5 Å². The van der Waals surface area contributed by atoms with Crippen LogP contribution in [0.4, 0.5) is 0 Å². The van der Waals surface area contributed by atoms with Crippen LogP contribution >= 0.6 is 34.5 Å². The Balaban J connectivity index is 1.76. The number of esters is 1. The van der Waals surface area contributed by atoms with Crippen LogP contribution in [-0.2, 0) is 11.3 Å². The molecule has 112 valence electrons. The normalized spacial score (nSPS) is 10.6. The van der Waals surface area contributed by atoms with Gasteiger partial charge in [0.25, 0.3) is 0 Å². The predicted molar refractivity (Wildman–Crippen MR) is 81.9 cm³/mol. The number of aryl methyl sites for hydroxylation is 1. The van der Waals surface area contributed by atoms with Gasteiger partial charge in [-0.1, -0.05) is 16.1 Å². The highest BCUT2D eigenvalue weighted by atomic mass is 35.5. The van der Waals surface area contributed by atoms with Gasteiger partial charge in [0, 0.05) is 23.9 Å². The zero-order valence-corrected chi connectivity index (χ0v) is 13.6. The van der Waals surface area contributed by atoms with E-state index in [2.05, 4.69) is 24.5 Å². The van der Waals surface area contributed by atoms with E-state index in [1.807, 2.05) is 0 Å². The molecule has 7 nitrogen and oxygen atoms in total. The highest BCUT2D eigenvalue weighted by molar-refractivity contribution is 7.17. The van der Waals surface area contributed by atoms with Crippen LogP contribution in [0.5, 0.6) is 0 Å². The van der Waals surface area contributed by atoms with Crippen LogP contribution in [0, 0.1) is 6.92 Å². The van der Waals surface area contributed by atoms with E-state index in [1.165, 1.54) is 11.3 Å². The van der Waals surface area contributed by atoms with Crippen molar-refractivity contribution >= 4 is 40.4 Å². The average molecular weight is 354 g/mol. The van der Waals surface area contributed by atoms with Crippen molar-refractivity contribution in [2.24, 2.45) is 0 Å². The topological polar surface area (TPSA) is 90.8 Å². The lowest BCUT2D eigenvalue weighted by atomic mass is 10.4. The number of nitrogens with zero attached hydrogens (tertiary/aromatic N) is 5. The molecule has 3 aromatic heterocycles. The van der Waals surface area contributed by atoms with E-state index >= 15 is 0 Å². The maximum atomic E-state index is 12.1. The molecule has 0 radical (unpaired) electrons. The molecule has 0 aliphatic heterocycles. The monoisotopic (exact) mass is 353 g/mol. The number of carbonyl (C=O) groups excluding carboxylic acids is 1. The molecule has 0 aliphatic rings. The highest BCUT2D eigenvalue weighted by Gasteiger charge is 2.19. The second-order valence-corrected chi connectivity index (χ2v) is 6.43. The minimum absolute atomic E-state index is 0.0251. The molecule has 3 aromatic rings. The molecule has 22 heavy (non-hydrogen) atoms. The summed E-state index contributed by atoms with van der Waals surface area (Å²) in [6, 6.07) is 1.71. The third kappa shape index (κ3) is 3.11. The van der Waals surface area contributed by atoms with E-state index in [9.17, 15) is 4.79 Å². The van der Waals surface area contributed by atoms with E-state index in [-0.39, 0.29) is 6.61 Å². The van der Waals surface area contributed by atoms with Crippen LogP contribution in [0.3, 0.4) is 0 Å². The summed E-state index contributed by atoms with van der Waals surface area (Å²) in [6.45, 7) is 1.71. The van der Waals surface area contributed by atoms with Crippen LogP contribution in [0.15, 0.2) is 18.5 Å². The number of thiazole rings is 1. The lowest BCUT2D eigenvalue weighted by molar-refractivity contribution is 0.0472. The van der Waals surface area contributed by atoms with Crippen LogP contribution in [0.25, 0.3) is 10.8 Å². The number of aromatic nitrogens is 5. The van der Waals surface area contributed by atoms with Crippen molar-refractivity contribution in [3.63, 3.8) is 0 Å². The first-order valence-electron chi connectivity index (χ1n) is 6.04. The molecule has 0 N–H and O–H groups in total. The van der Waals surface area contributed by atoms with E-state index in [4.69, 9.17) is 16.3 Å². The largest absolute Gasteiger partial charge is 0.455 e. The Kier molecular flexibility index (Phi) is 4.36. The summed E-state index contributed by atoms with van der Waals surface area (Å²) in [4.78, 5) is 25.1. The maximum absolute atomic E-state index is 12.1. The molecule has 0 saturated heterocycles. The molecule has 0 saturated carbocycles. The highest BCUT2D eigenvalue weighted by Crippen LogP contribution is 2.26. The molecule has 0 aromatic carbocycles. The molecule has 3 heterocycles. The van der Waals surface area contributed by atoms with Crippen LogP contribution in [-0.4, -0.2) is 30.5 Å². The molecule has 0 fully saturated rings. The third-order valence-corrected chi connectivity index (χ3v) is 4.71. The maximum Gasteiger partial charge on any atom is 0.350 e. The van der Waals surface area contributed by atoms with Crippen LogP contribution in [0.1, 0.15) is 21.1 Å². The number of hydrogen-bond donors (Lipinski definition) is 0. The second kappa shape index (κ2) is 6.42. The zero-order valence-electron chi connectivity index (χ0n) is 11.2. The van der Waals surface area contributed by atoms with Crippen molar-refractivity contribution in [3.8, 4) is 10.8 Å². The predicted octanol–water partition coefficient (Wildman–Crippen LogP) is 2.77. The smallest absolute Gasteiger partial charge is 0.350 e. The number of ether oxygens (including phenoxy) is 1. The standard InChI is InChI=1S/C12H8ClN5O2S2/c1-6-8(12(19)20-5-7-9(13)22-18-17-7)21-11(16-6)10-14-3-2-4-15-10/h2-4H,5H2,1H3. The SMILES string of the molecule is Cc1nc(-c2ncccn2)sc1C(=O)OCc1nnsc1Cl. The Morgan fingerprint density at radius 1 is 1.36 bits per heavy atom. The molecule has 3 rings (SSSR count). The first-order valence-corrected chi connectivity index (χ1v) is 8.00. The van der Waals surface area contributed by atoms with Gasteiger partial charge in [-0.3, -0.25) is 0 Å².